The largest absolute Gasteiger partial charge is 0.256 e. The molecular weight excluding hydrogens is 300 g/mol. The lowest BCUT2D eigenvalue weighted by Crippen LogP contribution is -1.83. The molecule has 0 radical (unpaired) electrons. The molecule has 0 aliphatic rings. The van der Waals surface area contributed by atoms with Crippen LogP contribution in [0.25, 0.3) is 6.08 Å². The van der Waals surface area contributed by atoms with Crippen LogP contribution in [0.15, 0.2) is 58.5 Å². The van der Waals surface area contributed by atoms with E-state index >= 15 is 0 Å². The molecule has 19 heavy (non-hydrogen) atoms. The van der Waals surface area contributed by atoms with Gasteiger partial charge in [0.15, 0.2) is 0 Å². The average molecular weight is 311 g/mol. The Hall–Kier alpha value is -2.18. The summed E-state index contributed by atoms with van der Waals surface area (Å²) in [5.74, 6) is 0. The van der Waals surface area contributed by atoms with Crippen LogP contribution in [0, 0.1) is 11.3 Å². The van der Waals surface area contributed by atoms with Crippen molar-refractivity contribution in [2.24, 2.45) is 4.99 Å². The minimum Gasteiger partial charge on any atom is -0.256 e. The fourth-order valence-electron chi connectivity index (χ4n) is 1.62. The lowest BCUT2D eigenvalue weighted by atomic mass is 10.1. The molecule has 0 amide bonds. The van der Waals surface area contributed by atoms with Gasteiger partial charge in [0, 0.05) is 21.8 Å². The fourth-order valence-corrected chi connectivity index (χ4v) is 2.01. The molecule has 0 atom stereocenters. The summed E-state index contributed by atoms with van der Waals surface area (Å²) in [5, 5.41) is 8.86. The molecule has 0 saturated heterocycles. The Labute approximate surface area is 120 Å². The van der Waals surface area contributed by atoms with Crippen LogP contribution in [0.3, 0.4) is 0 Å². The Morgan fingerprint density at radius 3 is 2.63 bits per heavy atom. The minimum absolute atomic E-state index is 0.606. The van der Waals surface area contributed by atoms with Gasteiger partial charge in [-0.15, -0.1) is 0 Å². The highest BCUT2D eigenvalue weighted by molar-refractivity contribution is 9.10. The number of rotatable bonds is 3. The quantitative estimate of drug-likeness (QED) is 0.756. The molecule has 0 aliphatic carbocycles. The topological polar surface area (TPSA) is 36.1 Å². The van der Waals surface area contributed by atoms with Gasteiger partial charge in [-0.1, -0.05) is 46.8 Å². The van der Waals surface area contributed by atoms with Crippen LogP contribution in [0.1, 0.15) is 16.7 Å². The molecule has 0 fully saturated rings. The van der Waals surface area contributed by atoms with Gasteiger partial charge in [-0.05, 0) is 24.3 Å². The zero-order valence-corrected chi connectivity index (χ0v) is 11.8. The van der Waals surface area contributed by atoms with Crippen LogP contribution in [-0.4, -0.2) is 6.21 Å². The zero-order valence-electron chi connectivity index (χ0n) is 10.2. The van der Waals surface area contributed by atoms with Gasteiger partial charge in [-0.25, -0.2) is 0 Å². The van der Waals surface area contributed by atoms with Gasteiger partial charge in [0.1, 0.15) is 0 Å². The van der Waals surface area contributed by atoms with Crippen molar-refractivity contribution in [1.82, 2.24) is 0 Å². The van der Waals surface area contributed by atoms with Crippen molar-refractivity contribution in [1.29, 1.82) is 5.26 Å². The van der Waals surface area contributed by atoms with Crippen molar-refractivity contribution in [3.05, 3.63) is 70.2 Å². The number of aliphatic imine (C=N–C) groups is 1. The smallest absolute Gasteiger partial charge is 0.0991 e. The molecule has 2 aromatic carbocycles. The maximum Gasteiger partial charge on any atom is 0.0991 e. The first-order chi connectivity index (χ1) is 9.24. The monoisotopic (exact) mass is 310 g/mol. The predicted octanol–water partition coefficient (Wildman–Crippen LogP) is 4.71. The second-order valence-corrected chi connectivity index (χ2v) is 4.72. The first kappa shape index (κ1) is 13.3. The highest BCUT2D eigenvalue weighted by Gasteiger charge is 2.00. The van der Waals surface area contributed by atoms with Crippen LogP contribution in [0.5, 0.6) is 0 Å². The van der Waals surface area contributed by atoms with E-state index < -0.39 is 0 Å². The van der Waals surface area contributed by atoms with E-state index in [1.807, 2.05) is 30.3 Å². The zero-order chi connectivity index (χ0) is 13.7. The van der Waals surface area contributed by atoms with E-state index in [4.69, 9.17) is 5.26 Å². The SMILES string of the molecule is C=Cc1cc(C#N)ccc1N=Cc1ccccc1Br. The number of hydrogen-bond acceptors (Lipinski definition) is 2. The summed E-state index contributed by atoms with van der Waals surface area (Å²) in [5.41, 5.74) is 3.25. The van der Waals surface area contributed by atoms with Crippen molar-refractivity contribution in [2.75, 3.05) is 0 Å². The highest BCUT2D eigenvalue weighted by Crippen LogP contribution is 2.22. The molecular formula is C16H11BrN2. The summed E-state index contributed by atoms with van der Waals surface area (Å²) in [4.78, 5) is 4.45. The maximum absolute atomic E-state index is 8.86. The van der Waals surface area contributed by atoms with Crippen LogP contribution in [0.2, 0.25) is 0 Å². The summed E-state index contributed by atoms with van der Waals surface area (Å²) in [6.45, 7) is 3.75. The molecule has 0 aromatic heterocycles. The van der Waals surface area contributed by atoms with Crippen molar-refractivity contribution in [2.45, 2.75) is 0 Å². The molecule has 2 aromatic rings. The number of hydrogen-bond donors (Lipinski definition) is 0. The van der Waals surface area contributed by atoms with E-state index in [1.54, 1.807) is 24.4 Å². The van der Waals surface area contributed by atoms with E-state index in [9.17, 15) is 0 Å². The first-order valence-corrected chi connectivity index (χ1v) is 6.49. The van der Waals surface area contributed by atoms with Crippen molar-refractivity contribution in [3.8, 4) is 6.07 Å². The van der Waals surface area contributed by atoms with Gasteiger partial charge in [0.05, 0.1) is 17.3 Å². The van der Waals surface area contributed by atoms with Gasteiger partial charge in [-0.3, -0.25) is 4.99 Å². The first-order valence-electron chi connectivity index (χ1n) is 5.70. The van der Waals surface area contributed by atoms with Crippen molar-refractivity contribution < 1.29 is 0 Å². The second-order valence-electron chi connectivity index (χ2n) is 3.87. The Morgan fingerprint density at radius 2 is 1.95 bits per heavy atom. The average Bonchev–Trinajstić information content (AvgIpc) is 2.46. The highest BCUT2D eigenvalue weighted by atomic mass is 79.9. The second kappa shape index (κ2) is 6.12. The molecule has 0 bridgehead atoms. The van der Waals surface area contributed by atoms with Crippen LogP contribution >= 0.6 is 15.9 Å². The standard InChI is InChI=1S/C16H11BrN2/c1-2-13-9-12(10-18)7-8-16(13)19-11-14-5-3-4-6-15(14)17/h2-9,11H,1H2. The Kier molecular flexibility index (Phi) is 4.27. The van der Waals surface area contributed by atoms with Crippen LogP contribution < -0.4 is 0 Å². The van der Waals surface area contributed by atoms with Gasteiger partial charge >= 0.3 is 0 Å². The maximum atomic E-state index is 8.86. The molecule has 0 N–H and O–H groups in total. The van der Waals surface area contributed by atoms with Crippen molar-refractivity contribution in [3.63, 3.8) is 0 Å². The minimum atomic E-state index is 0.606. The van der Waals surface area contributed by atoms with Crippen molar-refractivity contribution >= 4 is 33.9 Å². The van der Waals surface area contributed by atoms with Crippen LogP contribution in [-0.2, 0) is 0 Å². The summed E-state index contributed by atoms with van der Waals surface area (Å²) >= 11 is 3.47. The third-order valence-corrected chi connectivity index (χ3v) is 3.35. The predicted molar refractivity (Wildman–Crippen MR) is 82.6 cm³/mol. The molecule has 0 saturated carbocycles. The third-order valence-electron chi connectivity index (χ3n) is 2.62. The van der Waals surface area contributed by atoms with E-state index in [1.165, 1.54) is 0 Å². The Balaban J connectivity index is 2.37. The molecule has 2 rings (SSSR count). The van der Waals surface area contributed by atoms with E-state index in [0.29, 0.717) is 5.56 Å². The molecule has 3 heteroatoms. The normalized spacial score (nSPS) is 10.3. The summed E-state index contributed by atoms with van der Waals surface area (Å²) < 4.78 is 0.993. The lowest BCUT2D eigenvalue weighted by molar-refractivity contribution is 1.45. The van der Waals surface area contributed by atoms with Crippen LogP contribution in [0.4, 0.5) is 5.69 Å². The van der Waals surface area contributed by atoms with Gasteiger partial charge < -0.3 is 0 Å². The summed E-state index contributed by atoms with van der Waals surface area (Å²) in [6.07, 6.45) is 3.49. The summed E-state index contributed by atoms with van der Waals surface area (Å²) in [6, 6.07) is 15.3. The molecule has 0 aliphatic heterocycles. The van der Waals surface area contributed by atoms with E-state index in [0.717, 1.165) is 21.3 Å². The molecule has 0 unspecified atom stereocenters. The number of nitrogens with zero attached hydrogens (tertiary/aromatic N) is 2. The van der Waals surface area contributed by atoms with Gasteiger partial charge in [0.2, 0.25) is 0 Å². The summed E-state index contributed by atoms with van der Waals surface area (Å²) in [7, 11) is 0. The number of nitriles is 1. The van der Waals surface area contributed by atoms with Gasteiger partial charge in [-0.2, -0.15) is 5.26 Å². The fraction of sp³-hybridized carbons (Fsp3) is 0. The Bertz CT molecular complexity index is 681. The van der Waals surface area contributed by atoms with Gasteiger partial charge in [0.25, 0.3) is 0 Å². The number of benzene rings is 2. The molecule has 0 heterocycles. The number of halogens is 1. The van der Waals surface area contributed by atoms with E-state index in [2.05, 4.69) is 33.6 Å². The lowest BCUT2D eigenvalue weighted by Gasteiger charge is -2.01. The molecule has 2 nitrogen and oxygen atoms in total. The third kappa shape index (κ3) is 3.18. The molecule has 92 valence electrons. The molecule has 0 spiro atoms. The Morgan fingerprint density at radius 1 is 1.16 bits per heavy atom. The van der Waals surface area contributed by atoms with E-state index in [-0.39, 0.29) is 0 Å².